The number of amides is 2. The highest BCUT2D eigenvalue weighted by Gasteiger charge is 2.11. The van der Waals surface area contributed by atoms with Crippen molar-refractivity contribution in [2.24, 2.45) is 0 Å². The number of carbonyl (C=O) groups excluding carboxylic acids is 3. The number of para-hydroxylation sites is 1. The smallest absolute Gasteiger partial charge is 0.319 e. The maximum absolute atomic E-state index is 12.1. The molecule has 0 fully saturated rings. The minimum absolute atomic E-state index is 0.0115. The van der Waals surface area contributed by atoms with E-state index in [9.17, 15) is 14.4 Å². The van der Waals surface area contributed by atoms with Gasteiger partial charge >= 0.3 is 12.0 Å². The molecule has 0 saturated heterocycles. The Morgan fingerprint density at radius 3 is 2.32 bits per heavy atom. The summed E-state index contributed by atoms with van der Waals surface area (Å²) in [5.41, 5.74) is 2.35. The summed E-state index contributed by atoms with van der Waals surface area (Å²) < 4.78 is 5.00. The van der Waals surface area contributed by atoms with Crippen LogP contribution in [0.25, 0.3) is 0 Å². The number of esters is 1. The molecular weight excluding hydrogens is 356 g/mol. The minimum Gasteiger partial charge on any atom is -0.457 e. The van der Waals surface area contributed by atoms with Gasteiger partial charge in [0.15, 0.2) is 12.4 Å². The van der Waals surface area contributed by atoms with Crippen molar-refractivity contribution in [3.8, 4) is 0 Å². The first-order chi connectivity index (χ1) is 13.5. The zero-order valence-electron chi connectivity index (χ0n) is 16.2. The Bertz CT molecular complexity index is 788. The number of anilines is 1. The molecule has 1 atom stereocenters. The Balaban J connectivity index is 1.67. The number of urea groups is 1. The lowest BCUT2D eigenvalue weighted by Gasteiger charge is -2.10. The number of rotatable bonds is 9. The molecule has 0 radical (unpaired) electrons. The summed E-state index contributed by atoms with van der Waals surface area (Å²) in [4.78, 5) is 35.6. The molecular formula is C22H26N2O4. The van der Waals surface area contributed by atoms with Gasteiger partial charge < -0.3 is 15.4 Å². The van der Waals surface area contributed by atoms with E-state index in [1.807, 2.05) is 30.3 Å². The minimum atomic E-state index is -0.537. The van der Waals surface area contributed by atoms with Crippen molar-refractivity contribution in [3.63, 3.8) is 0 Å². The number of hydrogen-bond donors (Lipinski definition) is 2. The first-order valence-corrected chi connectivity index (χ1v) is 9.38. The molecule has 0 aliphatic rings. The zero-order valence-corrected chi connectivity index (χ0v) is 16.2. The highest BCUT2D eigenvalue weighted by atomic mass is 16.5. The van der Waals surface area contributed by atoms with Crippen LogP contribution >= 0.6 is 0 Å². The third kappa shape index (κ3) is 6.87. The predicted molar refractivity (Wildman–Crippen MR) is 109 cm³/mol. The molecule has 0 heterocycles. The fourth-order valence-electron chi connectivity index (χ4n) is 2.51. The van der Waals surface area contributed by atoms with Crippen molar-refractivity contribution < 1.29 is 19.1 Å². The molecule has 0 aliphatic heterocycles. The average Bonchev–Trinajstić information content (AvgIpc) is 2.72. The van der Waals surface area contributed by atoms with Gasteiger partial charge in [-0.05, 0) is 30.0 Å². The Morgan fingerprint density at radius 2 is 1.68 bits per heavy atom. The largest absolute Gasteiger partial charge is 0.457 e. The van der Waals surface area contributed by atoms with Crippen LogP contribution in [-0.4, -0.2) is 30.9 Å². The van der Waals surface area contributed by atoms with Gasteiger partial charge in [0.1, 0.15) is 0 Å². The number of hydrogen-bond acceptors (Lipinski definition) is 4. The molecule has 6 heteroatoms. The van der Waals surface area contributed by atoms with Crippen LogP contribution in [0.3, 0.4) is 0 Å². The van der Waals surface area contributed by atoms with Crippen LogP contribution in [0.5, 0.6) is 0 Å². The van der Waals surface area contributed by atoms with E-state index in [4.69, 9.17) is 4.74 Å². The van der Waals surface area contributed by atoms with E-state index in [2.05, 4.69) is 24.5 Å². The normalized spacial score (nSPS) is 11.4. The third-order valence-corrected chi connectivity index (χ3v) is 4.42. The zero-order chi connectivity index (χ0) is 20.4. The lowest BCUT2D eigenvalue weighted by atomic mass is 9.97. The Hall–Kier alpha value is -3.15. The molecule has 0 bridgehead atoms. The number of Topliss-reactive ketones (excluding diaryl/α,β-unsaturated/α-hetero) is 1. The van der Waals surface area contributed by atoms with Crippen molar-refractivity contribution in [2.45, 2.75) is 32.6 Å². The first kappa shape index (κ1) is 21.2. The number of nitrogens with one attached hydrogen (secondary N) is 2. The standard InChI is InChI=1S/C22H26N2O4/c1-3-16(2)17-9-11-18(12-10-17)20(25)15-28-21(26)13-14-23-22(27)24-19-7-5-4-6-8-19/h4-12,16H,3,13-15H2,1-2H3,(H2,23,24,27)/t16-/m1/s1. The first-order valence-electron chi connectivity index (χ1n) is 9.38. The monoisotopic (exact) mass is 382 g/mol. The maximum atomic E-state index is 12.1. The summed E-state index contributed by atoms with van der Waals surface area (Å²) in [5, 5.41) is 5.22. The van der Waals surface area contributed by atoms with E-state index in [-0.39, 0.29) is 25.4 Å². The van der Waals surface area contributed by atoms with Crippen molar-refractivity contribution in [3.05, 3.63) is 65.7 Å². The van der Waals surface area contributed by atoms with Crippen LogP contribution in [-0.2, 0) is 9.53 Å². The molecule has 0 saturated carbocycles. The second kappa shape index (κ2) is 10.9. The summed E-state index contributed by atoms with van der Waals surface area (Å²) in [6, 6.07) is 15.9. The summed E-state index contributed by atoms with van der Waals surface area (Å²) in [5.74, 6) is -0.350. The summed E-state index contributed by atoms with van der Waals surface area (Å²) in [7, 11) is 0. The highest BCUT2D eigenvalue weighted by Crippen LogP contribution is 2.19. The van der Waals surface area contributed by atoms with Crippen molar-refractivity contribution in [2.75, 3.05) is 18.5 Å². The van der Waals surface area contributed by atoms with Crippen molar-refractivity contribution >= 4 is 23.5 Å². The quantitative estimate of drug-likeness (QED) is 0.504. The van der Waals surface area contributed by atoms with Gasteiger partial charge in [-0.2, -0.15) is 0 Å². The van der Waals surface area contributed by atoms with Crippen LogP contribution in [0, 0.1) is 0 Å². The van der Waals surface area contributed by atoms with Crippen LogP contribution in [0.4, 0.5) is 10.5 Å². The second-order valence-electron chi connectivity index (χ2n) is 6.51. The van der Waals surface area contributed by atoms with Gasteiger partial charge in [-0.1, -0.05) is 56.3 Å². The molecule has 2 rings (SSSR count). The SMILES string of the molecule is CC[C@@H](C)c1ccc(C(=O)COC(=O)CCNC(=O)Nc2ccccc2)cc1. The van der Waals surface area contributed by atoms with Gasteiger partial charge in [-0.3, -0.25) is 9.59 Å². The predicted octanol–water partition coefficient (Wildman–Crippen LogP) is 4.14. The van der Waals surface area contributed by atoms with Gasteiger partial charge in [0.2, 0.25) is 0 Å². The Morgan fingerprint density at radius 1 is 1.00 bits per heavy atom. The molecule has 0 aromatic heterocycles. The van der Waals surface area contributed by atoms with Crippen LogP contribution in [0.1, 0.15) is 48.5 Å². The Labute approximate surface area is 165 Å². The van der Waals surface area contributed by atoms with Gasteiger partial charge in [0, 0.05) is 17.8 Å². The fourth-order valence-corrected chi connectivity index (χ4v) is 2.51. The molecule has 0 aliphatic carbocycles. The van der Waals surface area contributed by atoms with Gasteiger partial charge in [-0.15, -0.1) is 0 Å². The molecule has 2 amide bonds. The lowest BCUT2D eigenvalue weighted by Crippen LogP contribution is -2.31. The number of benzene rings is 2. The number of ether oxygens (including phenoxy) is 1. The van der Waals surface area contributed by atoms with E-state index in [1.165, 1.54) is 5.56 Å². The van der Waals surface area contributed by atoms with E-state index in [0.29, 0.717) is 17.2 Å². The number of carbonyl (C=O) groups is 3. The molecule has 2 aromatic rings. The van der Waals surface area contributed by atoms with E-state index in [0.717, 1.165) is 6.42 Å². The summed E-state index contributed by atoms with van der Waals surface area (Å²) in [6.07, 6.45) is 1.02. The van der Waals surface area contributed by atoms with Crippen LogP contribution < -0.4 is 10.6 Å². The van der Waals surface area contributed by atoms with Gasteiger partial charge in [0.25, 0.3) is 0 Å². The fraction of sp³-hybridized carbons (Fsp3) is 0.318. The second-order valence-corrected chi connectivity index (χ2v) is 6.51. The summed E-state index contributed by atoms with van der Waals surface area (Å²) in [6.45, 7) is 4.06. The third-order valence-electron chi connectivity index (χ3n) is 4.42. The van der Waals surface area contributed by atoms with Crippen LogP contribution in [0.2, 0.25) is 0 Å². The molecule has 28 heavy (non-hydrogen) atoms. The lowest BCUT2D eigenvalue weighted by molar-refractivity contribution is -0.142. The molecule has 0 unspecified atom stereocenters. The molecule has 0 spiro atoms. The van der Waals surface area contributed by atoms with E-state index >= 15 is 0 Å². The topological polar surface area (TPSA) is 84.5 Å². The molecule has 2 aromatic carbocycles. The molecule has 2 N–H and O–H groups in total. The van der Waals surface area contributed by atoms with Gasteiger partial charge in [-0.25, -0.2) is 4.79 Å². The maximum Gasteiger partial charge on any atom is 0.319 e. The number of ketones is 1. The average molecular weight is 382 g/mol. The molecule has 6 nitrogen and oxygen atoms in total. The Kier molecular flexibility index (Phi) is 8.21. The van der Waals surface area contributed by atoms with E-state index in [1.54, 1.807) is 24.3 Å². The van der Waals surface area contributed by atoms with Crippen molar-refractivity contribution in [1.82, 2.24) is 5.32 Å². The highest BCUT2D eigenvalue weighted by molar-refractivity contribution is 5.98. The van der Waals surface area contributed by atoms with Crippen molar-refractivity contribution in [1.29, 1.82) is 0 Å². The molecule has 148 valence electrons. The van der Waals surface area contributed by atoms with E-state index < -0.39 is 12.0 Å². The van der Waals surface area contributed by atoms with Gasteiger partial charge in [0.05, 0.1) is 6.42 Å². The van der Waals surface area contributed by atoms with Crippen LogP contribution in [0.15, 0.2) is 54.6 Å². The summed E-state index contributed by atoms with van der Waals surface area (Å²) >= 11 is 0.